The number of benzene rings is 2. The third-order valence-corrected chi connectivity index (χ3v) is 6.21. The predicted molar refractivity (Wildman–Crippen MR) is 115 cm³/mol. The van der Waals surface area contributed by atoms with E-state index in [4.69, 9.17) is 4.74 Å². The van der Waals surface area contributed by atoms with Crippen LogP contribution in [0.5, 0.6) is 0 Å². The van der Waals surface area contributed by atoms with Gasteiger partial charge in [0.1, 0.15) is 0 Å². The molecule has 0 radical (unpaired) electrons. The van der Waals surface area contributed by atoms with Crippen LogP contribution in [0, 0.1) is 18.6 Å². The van der Waals surface area contributed by atoms with E-state index in [9.17, 15) is 27.2 Å². The van der Waals surface area contributed by atoms with Crippen LogP contribution in [0.3, 0.4) is 0 Å². The number of aromatic nitrogens is 3. The third kappa shape index (κ3) is 3.35. The summed E-state index contributed by atoms with van der Waals surface area (Å²) in [6.45, 7) is -1.23. The van der Waals surface area contributed by atoms with E-state index in [1.54, 1.807) is 0 Å². The van der Waals surface area contributed by atoms with Crippen molar-refractivity contribution in [2.75, 3.05) is 13.7 Å². The number of rotatable bonds is 3. The SMILES string of the molecule is Cc1c2cc(C(=O)N(C)[C@@H]3COCc4[nH]c(=O)c5cc(F)c(F)cc5c43)ccc2nn1C(F)F. The minimum Gasteiger partial charge on any atom is -0.373 e. The summed E-state index contributed by atoms with van der Waals surface area (Å²) in [4.78, 5) is 29.8. The van der Waals surface area contributed by atoms with Crippen molar-refractivity contribution in [3.63, 3.8) is 0 Å². The van der Waals surface area contributed by atoms with E-state index in [-0.39, 0.29) is 35.2 Å². The molecule has 34 heavy (non-hydrogen) atoms. The van der Waals surface area contributed by atoms with Crippen molar-refractivity contribution >= 4 is 27.6 Å². The molecule has 4 aromatic rings. The Balaban J connectivity index is 1.59. The monoisotopic (exact) mass is 474 g/mol. The van der Waals surface area contributed by atoms with Crippen LogP contribution in [0.15, 0.2) is 35.1 Å². The fourth-order valence-corrected chi connectivity index (χ4v) is 4.44. The van der Waals surface area contributed by atoms with Gasteiger partial charge < -0.3 is 14.6 Å². The summed E-state index contributed by atoms with van der Waals surface area (Å²) in [7, 11) is 1.52. The highest BCUT2D eigenvalue weighted by Crippen LogP contribution is 2.34. The second-order valence-electron chi connectivity index (χ2n) is 8.14. The van der Waals surface area contributed by atoms with Crippen molar-refractivity contribution in [2.45, 2.75) is 26.1 Å². The van der Waals surface area contributed by atoms with Crippen LogP contribution < -0.4 is 5.56 Å². The van der Waals surface area contributed by atoms with Gasteiger partial charge >= 0.3 is 6.55 Å². The van der Waals surface area contributed by atoms with Crippen LogP contribution >= 0.6 is 0 Å². The third-order valence-electron chi connectivity index (χ3n) is 6.21. The normalized spacial score (nSPS) is 15.8. The lowest BCUT2D eigenvalue weighted by Gasteiger charge is -2.34. The number of H-pyrrole nitrogens is 1. The Bertz CT molecular complexity index is 1530. The number of likely N-dealkylation sites (N-methyl/N-ethyl adjacent to an activating group) is 1. The van der Waals surface area contributed by atoms with Gasteiger partial charge in [-0.3, -0.25) is 9.59 Å². The minimum absolute atomic E-state index is 0.0377. The molecule has 1 atom stereocenters. The number of alkyl halides is 2. The first kappa shape index (κ1) is 22.1. The summed E-state index contributed by atoms with van der Waals surface area (Å²) in [6, 6.07) is 5.51. The van der Waals surface area contributed by atoms with Crippen molar-refractivity contribution in [3.8, 4) is 0 Å². The Kier molecular flexibility index (Phi) is 5.16. The average molecular weight is 474 g/mol. The van der Waals surface area contributed by atoms with E-state index >= 15 is 0 Å². The lowest BCUT2D eigenvalue weighted by Crippen LogP contribution is -2.37. The molecule has 3 heterocycles. The highest BCUT2D eigenvalue weighted by molar-refractivity contribution is 5.99. The Labute approximate surface area is 189 Å². The lowest BCUT2D eigenvalue weighted by atomic mass is 9.95. The number of fused-ring (bicyclic) bond motifs is 4. The Hall–Kier alpha value is -3.73. The van der Waals surface area contributed by atoms with Gasteiger partial charge in [-0.1, -0.05) is 0 Å². The topological polar surface area (TPSA) is 80.2 Å². The quantitative estimate of drug-likeness (QED) is 0.452. The zero-order valence-electron chi connectivity index (χ0n) is 18.0. The number of pyridine rings is 1. The molecule has 1 aliphatic heterocycles. The van der Waals surface area contributed by atoms with E-state index in [1.165, 1.54) is 37.1 Å². The molecule has 1 N–H and O–H groups in total. The number of carbonyl (C=O) groups excluding carboxylic acids is 1. The Morgan fingerprint density at radius 2 is 1.88 bits per heavy atom. The second-order valence-corrected chi connectivity index (χ2v) is 8.14. The molecule has 176 valence electrons. The van der Waals surface area contributed by atoms with Gasteiger partial charge in [0.05, 0.1) is 30.2 Å². The van der Waals surface area contributed by atoms with E-state index in [1.807, 2.05) is 0 Å². The van der Waals surface area contributed by atoms with Crippen LogP contribution in [0.4, 0.5) is 17.6 Å². The Morgan fingerprint density at radius 3 is 2.59 bits per heavy atom. The van der Waals surface area contributed by atoms with E-state index in [2.05, 4.69) is 10.1 Å². The van der Waals surface area contributed by atoms with Gasteiger partial charge in [-0.15, -0.1) is 0 Å². The first-order chi connectivity index (χ1) is 16.2. The van der Waals surface area contributed by atoms with Gasteiger partial charge in [0.25, 0.3) is 11.5 Å². The number of carbonyl (C=O) groups is 1. The molecule has 1 amide bonds. The molecule has 0 unspecified atom stereocenters. The van der Waals surface area contributed by atoms with Gasteiger partial charge in [0, 0.05) is 34.9 Å². The minimum atomic E-state index is -2.81. The van der Waals surface area contributed by atoms with Gasteiger partial charge in [-0.25, -0.2) is 13.5 Å². The van der Waals surface area contributed by atoms with E-state index in [0.29, 0.717) is 26.8 Å². The highest BCUT2D eigenvalue weighted by Gasteiger charge is 2.31. The van der Waals surface area contributed by atoms with E-state index in [0.717, 1.165) is 12.1 Å². The maximum Gasteiger partial charge on any atom is 0.333 e. The molecular weight excluding hydrogens is 456 g/mol. The summed E-state index contributed by atoms with van der Waals surface area (Å²) in [5.41, 5.74) is 0.995. The smallest absolute Gasteiger partial charge is 0.333 e. The summed E-state index contributed by atoms with van der Waals surface area (Å²) in [5, 5.41) is 4.42. The summed E-state index contributed by atoms with van der Waals surface area (Å²) in [5.74, 6) is -2.72. The number of ether oxygens (including phenoxy) is 1. The molecule has 0 saturated carbocycles. The van der Waals surface area contributed by atoms with Crippen molar-refractivity contribution in [3.05, 3.63) is 74.8 Å². The molecule has 7 nitrogen and oxygen atoms in total. The molecule has 11 heteroatoms. The predicted octanol–water partition coefficient (Wildman–Crippen LogP) is 4.20. The van der Waals surface area contributed by atoms with Crippen LogP contribution in [0.25, 0.3) is 21.7 Å². The molecule has 0 fully saturated rings. The number of aryl methyl sites for hydroxylation is 1. The van der Waals surface area contributed by atoms with Crippen LogP contribution in [-0.2, 0) is 11.3 Å². The zero-order chi connectivity index (χ0) is 24.3. The standard InChI is InChI=1S/C23H18F4N4O3/c1-10-12-5-11(3-4-17(12)29-31(10)23(26)27)22(33)30(2)19-9-34-8-18-20(19)13-6-15(24)16(25)7-14(13)21(32)28-18/h3-7,19,23H,8-9H2,1-2H3,(H,28,32)/t19-/m1/s1. The first-order valence-electron chi connectivity index (χ1n) is 10.3. The fraction of sp³-hybridized carbons (Fsp3) is 0.261. The molecule has 5 rings (SSSR count). The molecule has 0 bridgehead atoms. The number of hydrogen-bond acceptors (Lipinski definition) is 4. The van der Waals surface area contributed by atoms with Gasteiger partial charge in [-0.05, 0) is 42.6 Å². The highest BCUT2D eigenvalue weighted by atomic mass is 19.3. The van der Waals surface area contributed by atoms with Crippen molar-refractivity contribution < 1.29 is 27.1 Å². The summed E-state index contributed by atoms with van der Waals surface area (Å²) < 4.78 is 60.4. The summed E-state index contributed by atoms with van der Waals surface area (Å²) in [6.07, 6.45) is 0. The Morgan fingerprint density at radius 1 is 1.18 bits per heavy atom. The van der Waals surface area contributed by atoms with Crippen LogP contribution in [-0.4, -0.2) is 39.2 Å². The number of nitrogens with one attached hydrogen (secondary N) is 1. The molecule has 1 aliphatic rings. The first-order valence-corrected chi connectivity index (χ1v) is 10.3. The van der Waals surface area contributed by atoms with Crippen LogP contribution in [0.1, 0.15) is 39.9 Å². The maximum atomic E-state index is 14.1. The molecule has 2 aromatic carbocycles. The van der Waals surface area contributed by atoms with E-state index < -0.39 is 35.7 Å². The molecule has 0 aliphatic carbocycles. The molecule has 0 spiro atoms. The maximum absolute atomic E-state index is 14.1. The lowest BCUT2D eigenvalue weighted by molar-refractivity contribution is 0.0336. The number of nitrogens with zero attached hydrogens (tertiary/aromatic N) is 3. The van der Waals surface area contributed by atoms with Crippen molar-refractivity contribution in [1.29, 1.82) is 0 Å². The number of hydrogen-bond donors (Lipinski definition) is 1. The van der Waals surface area contributed by atoms with Gasteiger partial charge in [-0.2, -0.15) is 13.9 Å². The molecule has 2 aromatic heterocycles. The van der Waals surface area contributed by atoms with Crippen LogP contribution in [0.2, 0.25) is 0 Å². The van der Waals surface area contributed by atoms with Gasteiger partial charge in [0.2, 0.25) is 0 Å². The summed E-state index contributed by atoms with van der Waals surface area (Å²) >= 11 is 0. The van der Waals surface area contributed by atoms with Crippen molar-refractivity contribution in [1.82, 2.24) is 19.7 Å². The second kappa shape index (κ2) is 7.94. The molecule has 0 saturated heterocycles. The average Bonchev–Trinajstić information content (AvgIpc) is 3.15. The number of halogens is 4. The van der Waals surface area contributed by atoms with Gasteiger partial charge in [0.15, 0.2) is 11.6 Å². The number of amides is 1. The van der Waals surface area contributed by atoms with Crippen molar-refractivity contribution in [2.24, 2.45) is 0 Å². The molecular formula is C23H18F4N4O3. The fourth-order valence-electron chi connectivity index (χ4n) is 4.44. The number of aromatic amines is 1. The largest absolute Gasteiger partial charge is 0.373 e. The zero-order valence-corrected chi connectivity index (χ0v) is 18.0.